The van der Waals surface area contributed by atoms with Gasteiger partial charge in [-0.25, -0.2) is 0 Å². The van der Waals surface area contributed by atoms with Crippen molar-refractivity contribution in [2.75, 3.05) is 19.7 Å². The lowest BCUT2D eigenvalue weighted by atomic mass is 9.54. The van der Waals surface area contributed by atoms with E-state index in [0.717, 1.165) is 18.4 Å². The van der Waals surface area contributed by atoms with Gasteiger partial charge in [0.1, 0.15) is 0 Å². The van der Waals surface area contributed by atoms with E-state index in [2.05, 4.69) is 0 Å². The number of alkyl halides is 6. The predicted molar refractivity (Wildman–Crippen MR) is 121 cm³/mol. The second-order valence-electron chi connectivity index (χ2n) is 9.95. The number of nitrogens with zero attached hydrogens (tertiary/aromatic N) is 1. The zero-order valence-corrected chi connectivity index (χ0v) is 19.8. The van der Waals surface area contributed by atoms with Crippen molar-refractivity contribution in [3.05, 3.63) is 70.8 Å². The van der Waals surface area contributed by atoms with Gasteiger partial charge in [0.2, 0.25) is 5.91 Å². The first-order chi connectivity index (χ1) is 16.7. The second kappa shape index (κ2) is 9.37. The van der Waals surface area contributed by atoms with Crippen LogP contribution in [-0.2, 0) is 27.3 Å². The summed E-state index contributed by atoms with van der Waals surface area (Å²) in [7, 11) is 0. The minimum atomic E-state index is -4.94. The summed E-state index contributed by atoms with van der Waals surface area (Å²) in [5, 5.41) is 0. The van der Waals surface area contributed by atoms with Crippen LogP contribution in [0.1, 0.15) is 61.0 Å². The van der Waals surface area contributed by atoms with E-state index in [0.29, 0.717) is 25.2 Å². The molecule has 0 unspecified atom stereocenters. The maximum Gasteiger partial charge on any atom is 0.416 e. The van der Waals surface area contributed by atoms with Gasteiger partial charge in [-0.05, 0) is 61.9 Å². The van der Waals surface area contributed by atoms with Crippen molar-refractivity contribution in [3.63, 3.8) is 0 Å². The van der Waals surface area contributed by atoms with E-state index in [4.69, 9.17) is 10.5 Å². The molecule has 0 bridgehead atoms. The van der Waals surface area contributed by atoms with E-state index in [-0.39, 0.29) is 37.0 Å². The summed E-state index contributed by atoms with van der Waals surface area (Å²) in [5.41, 5.74) is 2.57. The molecule has 0 spiro atoms. The Morgan fingerprint density at radius 2 is 1.50 bits per heavy atom. The first-order valence-electron chi connectivity index (χ1n) is 11.8. The number of carbonyl (C=O) groups is 1. The zero-order chi connectivity index (χ0) is 26.4. The lowest BCUT2D eigenvalue weighted by Crippen LogP contribution is -2.69. The lowest BCUT2D eigenvalue weighted by Gasteiger charge is -2.54. The molecule has 10 heteroatoms. The molecule has 1 saturated heterocycles. The van der Waals surface area contributed by atoms with E-state index in [9.17, 15) is 31.1 Å². The number of hydrogen-bond donors (Lipinski definition) is 1. The number of halogens is 6. The standard InChI is InChI=1S/C26H28F6N2O2/c1-17(18-11-20(25(27,28)29)13-21(12-18)26(30,31)32)36-16-23(19-7-3-2-4-8-19)14-24(33,15-23)22(35)34-9-5-6-10-34/h2-4,7-8,11-13,17H,5-6,9-10,14-16,33H2,1H3/t17-,23?,24?/m1/s1. The third-order valence-corrected chi connectivity index (χ3v) is 7.20. The molecule has 1 aliphatic carbocycles. The Hall–Kier alpha value is -2.59. The van der Waals surface area contributed by atoms with Crippen LogP contribution in [0, 0.1) is 0 Å². The molecule has 2 aromatic carbocycles. The summed E-state index contributed by atoms with van der Waals surface area (Å²) in [6.07, 6.45) is -8.57. The topological polar surface area (TPSA) is 55.6 Å². The van der Waals surface area contributed by atoms with E-state index in [1.807, 2.05) is 30.3 Å². The van der Waals surface area contributed by atoms with Crippen molar-refractivity contribution in [1.29, 1.82) is 0 Å². The number of rotatable bonds is 6. The third kappa shape index (κ3) is 5.25. The lowest BCUT2D eigenvalue weighted by molar-refractivity contribution is -0.144. The minimum absolute atomic E-state index is 0.0119. The number of amides is 1. The summed E-state index contributed by atoms with van der Waals surface area (Å²) in [4.78, 5) is 14.8. The first-order valence-corrected chi connectivity index (χ1v) is 11.8. The van der Waals surface area contributed by atoms with Crippen LogP contribution in [0.25, 0.3) is 0 Å². The average Bonchev–Trinajstić information content (AvgIpc) is 3.34. The largest absolute Gasteiger partial charge is 0.416 e. The van der Waals surface area contributed by atoms with Crippen molar-refractivity contribution in [2.45, 2.75) is 62.0 Å². The highest BCUT2D eigenvalue weighted by atomic mass is 19.4. The summed E-state index contributed by atoms with van der Waals surface area (Å²) in [6.45, 7) is 2.71. The molecule has 2 fully saturated rings. The molecule has 1 saturated carbocycles. The third-order valence-electron chi connectivity index (χ3n) is 7.20. The van der Waals surface area contributed by atoms with E-state index >= 15 is 0 Å². The highest BCUT2D eigenvalue weighted by Gasteiger charge is 2.58. The fraction of sp³-hybridized carbons (Fsp3) is 0.500. The number of ether oxygens (including phenoxy) is 1. The van der Waals surface area contributed by atoms with Gasteiger partial charge in [0, 0.05) is 18.5 Å². The molecule has 1 aliphatic heterocycles. The molecule has 196 valence electrons. The smallest absolute Gasteiger partial charge is 0.373 e. The van der Waals surface area contributed by atoms with Gasteiger partial charge in [-0.1, -0.05) is 30.3 Å². The van der Waals surface area contributed by atoms with Crippen molar-refractivity contribution >= 4 is 5.91 Å². The number of hydrogen-bond acceptors (Lipinski definition) is 3. The van der Waals surface area contributed by atoms with Gasteiger partial charge < -0.3 is 15.4 Å². The quantitative estimate of drug-likeness (QED) is 0.492. The molecule has 4 nitrogen and oxygen atoms in total. The van der Waals surface area contributed by atoms with Gasteiger partial charge in [0.15, 0.2) is 0 Å². The van der Waals surface area contributed by atoms with Crippen LogP contribution in [0.5, 0.6) is 0 Å². The Labute approximate surface area is 205 Å². The Bertz CT molecular complexity index is 1060. The zero-order valence-electron chi connectivity index (χ0n) is 19.8. The molecule has 2 aromatic rings. The van der Waals surface area contributed by atoms with Crippen LogP contribution in [-0.4, -0.2) is 36.0 Å². The van der Waals surface area contributed by atoms with Crippen LogP contribution in [0.15, 0.2) is 48.5 Å². The molecule has 36 heavy (non-hydrogen) atoms. The Morgan fingerprint density at radius 3 is 2.00 bits per heavy atom. The fourth-order valence-corrected chi connectivity index (χ4v) is 5.32. The highest BCUT2D eigenvalue weighted by Crippen LogP contribution is 2.51. The van der Waals surface area contributed by atoms with Gasteiger partial charge in [0.05, 0.1) is 29.4 Å². The average molecular weight is 515 g/mol. The SMILES string of the molecule is C[C@@H](OCC1(c2ccccc2)CC(N)(C(=O)N2CCCC2)C1)c1cc(C(F)(F)F)cc(C(F)(F)F)c1. The van der Waals surface area contributed by atoms with Crippen molar-refractivity contribution in [3.8, 4) is 0 Å². The summed E-state index contributed by atoms with van der Waals surface area (Å²) in [6, 6.07) is 10.6. The second-order valence-corrected chi connectivity index (χ2v) is 9.95. The van der Waals surface area contributed by atoms with Crippen LogP contribution in [0.3, 0.4) is 0 Å². The fourth-order valence-electron chi connectivity index (χ4n) is 5.32. The molecule has 1 heterocycles. The molecule has 1 atom stereocenters. The summed E-state index contributed by atoms with van der Waals surface area (Å²) < 4.78 is 85.7. The van der Waals surface area contributed by atoms with Crippen molar-refractivity contribution in [2.24, 2.45) is 5.73 Å². The highest BCUT2D eigenvalue weighted by molar-refractivity contribution is 5.88. The van der Waals surface area contributed by atoms with Gasteiger partial charge in [-0.2, -0.15) is 26.3 Å². The van der Waals surface area contributed by atoms with E-state index in [1.54, 1.807) is 4.90 Å². The Morgan fingerprint density at radius 1 is 0.972 bits per heavy atom. The number of carbonyl (C=O) groups excluding carboxylic acids is 1. The van der Waals surface area contributed by atoms with Gasteiger partial charge in [-0.3, -0.25) is 4.79 Å². The summed E-state index contributed by atoms with van der Waals surface area (Å²) in [5.74, 6) is -0.132. The molecular formula is C26H28F6N2O2. The predicted octanol–water partition coefficient (Wildman–Crippen LogP) is 5.85. The molecule has 0 aromatic heterocycles. The van der Waals surface area contributed by atoms with Crippen molar-refractivity contribution < 1.29 is 35.9 Å². The molecule has 1 amide bonds. The number of likely N-dealkylation sites (tertiary alicyclic amines) is 1. The maximum atomic E-state index is 13.3. The monoisotopic (exact) mass is 514 g/mol. The normalized spacial score (nSPS) is 25.5. The van der Waals surface area contributed by atoms with E-state index in [1.165, 1.54) is 6.92 Å². The van der Waals surface area contributed by atoms with Crippen LogP contribution < -0.4 is 5.73 Å². The van der Waals surface area contributed by atoms with Gasteiger partial charge >= 0.3 is 12.4 Å². The molecular weight excluding hydrogens is 486 g/mol. The van der Waals surface area contributed by atoms with Crippen molar-refractivity contribution in [1.82, 2.24) is 4.90 Å². The first kappa shape index (κ1) is 26.5. The number of benzene rings is 2. The molecule has 4 rings (SSSR count). The van der Waals surface area contributed by atoms with E-state index < -0.39 is 40.5 Å². The van der Waals surface area contributed by atoms with Gasteiger partial charge in [-0.15, -0.1) is 0 Å². The van der Waals surface area contributed by atoms with Gasteiger partial charge in [0.25, 0.3) is 0 Å². The Balaban J connectivity index is 1.57. The molecule has 2 N–H and O–H groups in total. The van der Waals surface area contributed by atoms with Crippen LogP contribution >= 0.6 is 0 Å². The number of nitrogens with two attached hydrogens (primary N) is 1. The molecule has 2 aliphatic rings. The summed E-state index contributed by atoms with van der Waals surface area (Å²) >= 11 is 0. The van der Waals surface area contributed by atoms with Crippen LogP contribution in [0.2, 0.25) is 0 Å². The maximum absolute atomic E-state index is 13.3. The molecule has 0 radical (unpaired) electrons. The van der Waals surface area contributed by atoms with Crippen LogP contribution in [0.4, 0.5) is 26.3 Å². The minimum Gasteiger partial charge on any atom is -0.373 e. The Kier molecular flexibility index (Phi) is 6.89.